The van der Waals surface area contributed by atoms with Crippen molar-refractivity contribution < 1.29 is 13.3 Å². The number of pyridine rings is 1. The van der Waals surface area contributed by atoms with E-state index in [1.807, 2.05) is 5.32 Å². The molecule has 1 aliphatic heterocycles. The molecule has 1 aliphatic rings. The third-order valence-electron chi connectivity index (χ3n) is 5.57. The highest BCUT2D eigenvalue weighted by Gasteiger charge is 2.21. The standard InChI is InChI=1S/C22H25FN6O2/c1-13-18(7-6-17(25-13)22(31)24-3)29-10-8-28(9-11-29)12-15-4-5-16-20(19(15)23)27-21(30)14(2)26-16/h4-7H,8-12H2,1-3H3,(H,24,31)(H,27,30)/i3D3. The number of hydrogen-bond donors (Lipinski definition) is 2. The average Bonchev–Trinajstić information content (AvgIpc) is 2.77. The molecule has 1 amide bonds. The maximum absolute atomic E-state index is 15.0. The van der Waals surface area contributed by atoms with Crippen LogP contribution in [0, 0.1) is 19.7 Å². The molecule has 3 aromatic rings. The molecule has 1 saturated heterocycles. The Morgan fingerprint density at radius 1 is 1.16 bits per heavy atom. The normalized spacial score (nSPS) is 16.6. The first-order valence-corrected chi connectivity index (χ1v) is 9.97. The van der Waals surface area contributed by atoms with Crippen molar-refractivity contribution in [2.24, 2.45) is 0 Å². The first-order chi connectivity index (χ1) is 16.0. The largest absolute Gasteiger partial charge is 0.368 e. The fourth-order valence-corrected chi connectivity index (χ4v) is 3.84. The third-order valence-corrected chi connectivity index (χ3v) is 5.57. The minimum atomic E-state index is -2.57. The first kappa shape index (κ1) is 17.4. The fourth-order valence-electron chi connectivity index (χ4n) is 3.84. The number of aromatic nitrogens is 3. The van der Waals surface area contributed by atoms with Crippen molar-refractivity contribution >= 4 is 22.6 Å². The summed E-state index contributed by atoms with van der Waals surface area (Å²) in [7, 11) is 0. The van der Waals surface area contributed by atoms with Crippen LogP contribution in [0.3, 0.4) is 0 Å². The van der Waals surface area contributed by atoms with Gasteiger partial charge in [-0.25, -0.2) is 14.4 Å². The zero-order valence-electron chi connectivity index (χ0n) is 20.3. The van der Waals surface area contributed by atoms with Gasteiger partial charge in [-0.1, -0.05) is 6.07 Å². The van der Waals surface area contributed by atoms with Crippen LogP contribution in [-0.2, 0) is 6.54 Å². The van der Waals surface area contributed by atoms with Crippen LogP contribution in [0.1, 0.15) is 31.6 Å². The Labute approximate surface area is 183 Å². The molecule has 31 heavy (non-hydrogen) atoms. The van der Waals surface area contributed by atoms with Crippen molar-refractivity contribution in [3.05, 3.63) is 63.1 Å². The van der Waals surface area contributed by atoms with E-state index < -0.39 is 24.3 Å². The van der Waals surface area contributed by atoms with E-state index >= 15 is 4.39 Å². The number of carbonyl (C=O) groups is 1. The molecule has 162 valence electrons. The SMILES string of the molecule is [2H]C([2H])([2H])NC(=O)c1ccc(N2CCN(Cc3ccc4nc(C)c(=O)[nH]c4c3F)CC2)c(C)n1. The van der Waals surface area contributed by atoms with Gasteiger partial charge in [-0.2, -0.15) is 0 Å². The van der Waals surface area contributed by atoms with E-state index in [1.54, 1.807) is 32.0 Å². The molecule has 8 nitrogen and oxygen atoms in total. The van der Waals surface area contributed by atoms with Gasteiger partial charge in [0.1, 0.15) is 16.9 Å². The minimum absolute atomic E-state index is 0.0468. The number of carbonyl (C=O) groups excluding carboxylic acids is 1. The van der Waals surface area contributed by atoms with Gasteiger partial charge in [-0.05, 0) is 32.0 Å². The zero-order chi connectivity index (χ0) is 24.6. The van der Waals surface area contributed by atoms with Crippen molar-refractivity contribution in [1.82, 2.24) is 25.2 Å². The van der Waals surface area contributed by atoms with Crippen molar-refractivity contribution in [2.75, 3.05) is 38.1 Å². The fraction of sp³-hybridized carbons (Fsp3) is 0.364. The number of hydrogen-bond acceptors (Lipinski definition) is 6. The number of aromatic amines is 1. The molecule has 1 aromatic carbocycles. The number of nitrogens with one attached hydrogen (secondary N) is 2. The molecule has 0 saturated carbocycles. The predicted octanol–water partition coefficient (Wildman–Crippen LogP) is 1.76. The Kier molecular flexibility index (Phi) is 4.72. The average molecular weight is 427 g/mol. The number of H-pyrrole nitrogens is 1. The smallest absolute Gasteiger partial charge is 0.269 e. The Balaban J connectivity index is 1.42. The minimum Gasteiger partial charge on any atom is -0.368 e. The highest BCUT2D eigenvalue weighted by molar-refractivity contribution is 5.92. The second kappa shape index (κ2) is 8.43. The summed E-state index contributed by atoms with van der Waals surface area (Å²) in [6.45, 7) is 3.90. The van der Waals surface area contributed by atoms with Gasteiger partial charge in [0.25, 0.3) is 11.5 Å². The van der Waals surface area contributed by atoms with E-state index in [2.05, 4.69) is 24.8 Å². The van der Waals surface area contributed by atoms with Gasteiger partial charge < -0.3 is 15.2 Å². The van der Waals surface area contributed by atoms with Crippen LogP contribution in [0.5, 0.6) is 0 Å². The molecule has 0 atom stereocenters. The van der Waals surface area contributed by atoms with Gasteiger partial charge in [0.15, 0.2) is 5.82 Å². The molecule has 0 unspecified atom stereocenters. The van der Waals surface area contributed by atoms with Gasteiger partial charge >= 0.3 is 0 Å². The molecule has 3 heterocycles. The van der Waals surface area contributed by atoms with Gasteiger partial charge in [-0.15, -0.1) is 0 Å². The number of anilines is 1. The number of benzene rings is 1. The van der Waals surface area contributed by atoms with Crippen molar-refractivity contribution in [3.8, 4) is 0 Å². The summed E-state index contributed by atoms with van der Waals surface area (Å²) < 4.78 is 36.5. The van der Waals surface area contributed by atoms with E-state index in [1.165, 1.54) is 6.07 Å². The molecular weight excluding hydrogens is 399 g/mol. The number of amides is 1. The molecule has 0 spiro atoms. The van der Waals surface area contributed by atoms with E-state index in [0.717, 1.165) is 5.69 Å². The summed E-state index contributed by atoms with van der Waals surface area (Å²) in [6, 6.07) is 6.69. The number of aryl methyl sites for hydroxylation is 2. The quantitative estimate of drug-likeness (QED) is 0.659. The lowest BCUT2D eigenvalue weighted by atomic mass is 10.1. The summed E-state index contributed by atoms with van der Waals surface area (Å²) in [5.74, 6) is -1.21. The molecule has 1 fully saturated rings. The molecule has 9 heteroatoms. The van der Waals surface area contributed by atoms with Crippen LogP contribution >= 0.6 is 0 Å². The Bertz CT molecular complexity index is 1300. The summed E-state index contributed by atoms with van der Waals surface area (Å²) in [6.07, 6.45) is 0. The number of fused-ring (bicyclic) bond motifs is 1. The summed E-state index contributed by atoms with van der Waals surface area (Å²) in [5.41, 5.74) is 2.46. The maximum atomic E-state index is 15.0. The first-order valence-electron chi connectivity index (χ1n) is 11.5. The lowest BCUT2D eigenvalue weighted by Gasteiger charge is -2.36. The molecular formula is C22H25FN6O2. The second-order valence-electron chi connectivity index (χ2n) is 7.60. The van der Waals surface area contributed by atoms with E-state index in [4.69, 9.17) is 4.11 Å². The van der Waals surface area contributed by atoms with Gasteiger partial charge in [-0.3, -0.25) is 14.5 Å². The molecule has 0 radical (unpaired) electrons. The number of nitrogens with zero attached hydrogens (tertiary/aromatic N) is 4. The molecule has 2 N–H and O–H groups in total. The van der Waals surface area contributed by atoms with E-state index in [0.29, 0.717) is 55.2 Å². The lowest BCUT2D eigenvalue weighted by molar-refractivity contribution is 0.0958. The Hall–Kier alpha value is -3.33. The highest BCUT2D eigenvalue weighted by atomic mass is 19.1. The second-order valence-corrected chi connectivity index (χ2v) is 7.60. The van der Waals surface area contributed by atoms with Gasteiger partial charge in [0.05, 0.1) is 16.9 Å². The van der Waals surface area contributed by atoms with Crippen LogP contribution in [0.25, 0.3) is 11.0 Å². The summed E-state index contributed by atoms with van der Waals surface area (Å²) >= 11 is 0. The van der Waals surface area contributed by atoms with Gasteiger partial charge in [0.2, 0.25) is 0 Å². The van der Waals surface area contributed by atoms with Crippen LogP contribution in [-0.4, -0.2) is 58.9 Å². The monoisotopic (exact) mass is 427 g/mol. The number of halogens is 1. The molecule has 0 bridgehead atoms. The van der Waals surface area contributed by atoms with E-state index in [9.17, 15) is 9.59 Å². The van der Waals surface area contributed by atoms with Crippen molar-refractivity contribution in [2.45, 2.75) is 20.4 Å². The number of rotatable bonds is 4. The van der Waals surface area contributed by atoms with Crippen LogP contribution in [0.2, 0.25) is 0 Å². The summed E-state index contributed by atoms with van der Waals surface area (Å²) in [5, 5.41) is 1.94. The number of piperazine rings is 1. The zero-order valence-corrected chi connectivity index (χ0v) is 17.3. The Morgan fingerprint density at radius 2 is 1.94 bits per heavy atom. The van der Waals surface area contributed by atoms with E-state index in [-0.39, 0.29) is 11.2 Å². The predicted molar refractivity (Wildman–Crippen MR) is 117 cm³/mol. The maximum Gasteiger partial charge on any atom is 0.269 e. The van der Waals surface area contributed by atoms with Gasteiger partial charge in [0, 0.05) is 49.4 Å². The summed E-state index contributed by atoms with van der Waals surface area (Å²) in [4.78, 5) is 39.2. The van der Waals surface area contributed by atoms with Crippen LogP contribution < -0.4 is 15.8 Å². The Morgan fingerprint density at radius 3 is 2.65 bits per heavy atom. The topological polar surface area (TPSA) is 94.2 Å². The van der Waals surface area contributed by atoms with Crippen LogP contribution in [0.4, 0.5) is 10.1 Å². The molecule has 4 rings (SSSR count). The molecule has 0 aliphatic carbocycles. The van der Waals surface area contributed by atoms with Crippen molar-refractivity contribution in [1.29, 1.82) is 0 Å². The highest BCUT2D eigenvalue weighted by Crippen LogP contribution is 2.23. The van der Waals surface area contributed by atoms with Crippen LogP contribution in [0.15, 0.2) is 29.1 Å². The third kappa shape index (κ3) is 4.13. The molecule has 2 aromatic heterocycles. The lowest BCUT2D eigenvalue weighted by Crippen LogP contribution is -2.46. The van der Waals surface area contributed by atoms with Crippen molar-refractivity contribution in [3.63, 3.8) is 0 Å².